The van der Waals surface area contributed by atoms with Crippen molar-refractivity contribution in [2.75, 3.05) is 6.54 Å². The number of aliphatic hydroxyl groups is 1. The first-order valence-electron chi connectivity index (χ1n) is 6.51. The molecule has 0 aromatic heterocycles. The van der Waals surface area contributed by atoms with E-state index in [1.165, 1.54) is 19.9 Å². The van der Waals surface area contributed by atoms with E-state index >= 15 is 0 Å². The number of aliphatic hydroxyl groups excluding tert-OH is 1. The van der Waals surface area contributed by atoms with Crippen molar-refractivity contribution >= 4 is 0 Å². The number of hydrogen-bond donors (Lipinski definition) is 2. The van der Waals surface area contributed by atoms with Crippen LogP contribution in [-0.2, 0) is 12.7 Å². The fourth-order valence-electron chi connectivity index (χ4n) is 1.58. The van der Waals surface area contributed by atoms with Gasteiger partial charge in [0.05, 0.1) is 11.7 Å². The standard InChI is InChI=1S/C14H20F3NO2/c1-4-18-8-11-5-6-13(20-10(3)9(2)19)12(7-11)14(15,16)17/h5-7,9-10,18-19H,4,8H2,1-3H3. The number of rotatable bonds is 6. The molecule has 6 heteroatoms. The van der Waals surface area contributed by atoms with Crippen molar-refractivity contribution in [2.24, 2.45) is 0 Å². The van der Waals surface area contributed by atoms with Crippen molar-refractivity contribution in [2.45, 2.75) is 45.7 Å². The molecule has 0 spiro atoms. The van der Waals surface area contributed by atoms with Gasteiger partial charge in [0.1, 0.15) is 11.9 Å². The first-order chi connectivity index (χ1) is 9.25. The Balaban J connectivity index is 3.04. The van der Waals surface area contributed by atoms with Crippen LogP contribution in [0.15, 0.2) is 18.2 Å². The molecule has 114 valence electrons. The van der Waals surface area contributed by atoms with Crippen LogP contribution < -0.4 is 10.1 Å². The summed E-state index contributed by atoms with van der Waals surface area (Å²) in [6.07, 6.45) is -6.05. The van der Waals surface area contributed by atoms with E-state index in [1.807, 2.05) is 6.92 Å². The molecule has 0 heterocycles. The molecule has 2 unspecified atom stereocenters. The van der Waals surface area contributed by atoms with Crippen molar-refractivity contribution in [3.63, 3.8) is 0 Å². The molecule has 0 radical (unpaired) electrons. The van der Waals surface area contributed by atoms with E-state index in [4.69, 9.17) is 4.74 Å². The van der Waals surface area contributed by atoms with Crippen molar-refractivity contribution in [3.8, 4) is 5.75 Å². The van der Waals surface area contributed by atoms with Gasteiger partial charge >= 0.3 is 6.18 Å². The van der Waals surface area contributed by atoms with Crippen LogP contribution in [0.4, 0.5) is 13.2 Å². The van der Waals surface area contributed by atoms with Crippen LogP contribution in [0, 0.1) is 0 Å². The summed E-state index contributed by atoms with van der Waals surface area (Å²) in [5.74, 6) is -0.258. The zero-order chi connectivity index (χ0) is 15.3. The SMILES string of the molecule is CCNCc1ccc(OC(C)C(C)O)c(C(F)(F)F)c1. The minimum atomic E-state index is -4.49. The molecule has 20 heavy (non-hydrogen) atoms. The monoisotopic (exact) mass is 291 g/mol. The first kappa shape index (κ1) is 16.8. The Morgan fingerprint density at radius 2 is 1.95 bits per heavy atom. The lowest BCUT2D eigenvalue weighted by Gasteiger charge is -2.21. The summed E-state index contributed by atoms with van der Waals surface area (Å²) in [6, 6.07) is 3.96. The Kier molecular flexibility index (Phi) is 5.83. The Morgan fingerprint density at radius 3 is 2.45 bits per heavy atom. The van der Waals surface area contributed by atoms with Crippen LogP contribution in [0.25, 0.3) is 0 Å². The van der Waals surface area contributed by atoms with E-state index in [2.05, 4.69) is 5.32 Å². The average Bonchev–Trinajstić information content (AvgIpc) is 2.36. The molecular weight excluding hydrogens is 271 g/mol. The number of benzene rings is 1. The molecule has 0 aliphatic carbocycles. The Bertz CT molecular complexity index is 433. The highest BCUT2D eigenvalue weighted by molar-refractivity contribution is 5.39. The molecule has 2 atom stereocenters. The molecule has 3 nitrogen and oxygen atoms in total. The van der Waals surface area contributed by atoms with E-state index in [0.29, 0.717) is 18.7 Å². The molecule has 0 aliphatic rings. The van der Waals surface area contributed by atoms with Crippen LogP contribution in [0.5, 0.6) is 5.75 Å². The molecule has 0 saturated carbocycles. The summed E-state index contributed by atoms with van der Waals surface area (Å²) in [4.78, 5) is 0. The first-order valence-corrected chi connectivity index (χ1v) is 6.51. The Labute approximate surface area is 116 Å². The van der Waals surface area contributed by atoms with E-state index in [0.717, 1.165) is 6.07 Å². The quantitative estimate of drug-likeness (QED) is 0.846. The third kappa shape index (κ3) is 4.68. The Hall–Kier alpha value is -1.27. The lowest BCUT2D eigenvalue weighted by atomic mass is 10.1. The number of hydrogen-bond acceptors (Lipinski definition) is 3. The van der Waals surface area contributed by atoms with Gasteiger partial charge < -0.3 is 15.2 Å². The van der Waals surface area contributed by atoms with Gasteiger partial charge in [-0.3, -0.25) is 0 Å². The van der Waals surface area contributed by atoms with E-state index < -0.39 is 23.9 Å². The molecular formula is C14H20F3NO2. The fourth-order valence-corrected chi connectivity index (χ4v) is 1.58. The highest BCUT2D eigenvalue weighted by Gasteiger charge is 2.35. The highest BCUT2D eigenvalue weighted by atomic mass is 19.4. The summed E-state index contributed by atoms with van der Waals surface area (Å²) in [7, 11) is 0. The maximum Gasteiger partial charge on any atom is 0.419 e. The molecule has 1 aromatic carbocycles. The largest absolute Gasteiger partial charge is 0.487 e. The number of halogens is 3. The maximum absolute atomic E-state index is 13.0. The summed E-state index contributed by atoms with van der Waals surface area (Å²) in [5.41, 5.74) is -0.281. The summed E-state index contributed by atoms with van der Waals surface area (Å²) in [5, 5.41) is 12.3. The second-order valence-electron chi connectivity index (χ2n) is 4.67. The van der Waals surface area contributed by atoms with Gasteiger partial charge in [-0.2, -0.15) is 13.2 Å². The van der Waals surface area contributed by atoms with Crippen LogP contribution in [0.3, 0.4) is 0 Å². The van der Waals surface area contributed by atoms with Crippen LogP contribution in [0.2, 0.25) is 0 Å². The van der Waals surface area contributed by atoms with Crippen LogP contribution >= 0.6 is 0 Å². The molecule has 0 fully saturated rings. The van der Waals surface area contributed by atoms with Gasteiger partial charge in [-0.1, -0.05) is 13.0 Å². The normalized spacial score (nSPS) is 14.9. The van der Waals surface area contributed by atoms with Gasteiger partial charge in [-0.15, -0.1) is 0 Å². The summed E-state index contributed by atoms with van der Waals surface area (Å²) >= 11 is 0. The lowest BCUT2D eigenvalue weighted by Crippen LogP contribution is -2.26. The third-order valence-electron chi connectivity index (χ3n) is 2.92. The molecule has 0 bridgehead atoms. The highest BCUT2D eigenvalue weighted by Crippen LogP contribution is 2.37. The van der Waals surface area contributed by atoms with Crippen molar-refractivity contribution in [1.29, 1.82) is 0 Å². The summed E-state index contributed by atoms with van der Waals surface area (Å²) in [6.45, 7) is 5.92. The molecule has 1 aromatic rings. The topological polar surface area (TPSA) is 41.5 Å². The second kappa shape index (κ2) is 6.95. The van der Waals surface area contributed by atoms with Gasteiger partial charge in [0.15, 0.2) is 0 Å². The maximum atomic E-state index is 13.0. The predicted molar refractivity (Wildman–Crippen MR) is 70.6 cm³/mol. The van der Waals surface area contributed by atoms with Crippen LogP contribution in [-0.4, -0.2) is 23.9 Å². The van der Waals surface area contributed by atoms with Crippen molar-refractivity contribution in [3.05, 3.63) is 29.3 Å². The molecule has 0 saturated heterocycles. The zero-order valence-corrected chi connectivity index (χ0v) is 11.8. The number of nitrogens with one attached hydrogen (secondary N) is 1. The van der Waals surface area contributed by atoms with Crippen molar-refractivity contribution in [1.82, 2.24) is 5.32 Å². The van der Waals surface area contributed by atoms with Gasteiger partial charge in [0, 0.05) is 6.54 Å². The lowest BCUT2D eigenvalue weighted by molar-refractivity contribution is -0.139. The number of alkyl halides is 3. The minimum Gasteiger partial charge on any atom is -0.487 e. The molecule has 0 aliphatic heterocycles. The van der Waals surface area contributed by atoms with Crippen molar-refractivity contribution < 1.29 is 23.0 Å². The molecule has 2 N–H and O–H groups in total. The molecule has 1 rings (SSSR count). The van der Waals surface area contributed by atoms with E-state index in [9.17, 15) is 18.3 Å². The van der Waals surface area contributed by atoms with Gasteiger partial charge in [0.2, 0.25) is 0 Å². The van der Waals surface area contributed by atoms with Gasteiger partial charge in [0.25, 0.3) is 0 Å². The number of ether oxygens (including phenoxy) is 1. The average molecular weight is 291 g/mol. The van der Waals surface area contributed by atoms with Gasteiger partial charge in [-0.25, -0.2) is 0 Å². The van der Waals surface area contributed by atoms with Gasteiger partial charge in [-0.05, 0) is 38.1 Å². The second-order valence-corrected chi connectivity index (χ2v) is 4.67. The molecule has 0 amide bonds. The van der Waals surface area contributed by atoms with E-state index in [1.54, 1.807) is 6.07 Å². The summed E-state index contributed by atoms with van der Waals surface area (Å²) < 4.78 is 44.3. The zero-order valence-electron chi connectivity index (χ0n) is 11.8. The fraction of sp³-hybridized carbons (Fsp3) is 0.571. The van der Waals surface area contributed by atoms with Crippen LogP contribution in [0.1, 0.15) is 31.9 Å². The minimum absolute atomic E-state index is 0.258. The predicted octanol–water partition coefficient (Wildman–Crippen LogP) is 2.96. The third-order valence-corrected chi connectivity index (χ3v) is 2.92. The smallest absolute Gasteiger partial charge is 0.419 e. The Morgan fingerprint density at radius 1 is 1.30 bits per heavy atom. The van der Waals surface area contributed by atoms with E-state index in [-0.39, 0.29) is 5.75 Å².